The van der Waals surface area contributed by atoms with Crippen LogP contribution in [0.4, 0.5) is 9.18 Å². The van der Waals surface area contributed by atoms with Gasteiger partial charge in [-0.25, -0.2) is 9.18 Å². The van der Waals surface area contributed by atoms with E-state index in [0.29, 0.717) is 19.7 Å². The third-order valence-corrected chi connectivity index (χ3v) is 4.36. The topological polar surface area (TPSA) is 53.3 Å². The Kier molecular flexibility index (Phi) is 6.40. The van der Waals surface area contributed by atoms with Crippen LogP contribution in [0.2, 0.25) is 0 Å². The Hall–Kier alpha value is -2.09. The van der Waals surface area contributed by atoms with Crippen LogP contribution in [0.5, 0.6) is 0 Å². The van der Waals surface area contributed by atoms with Crippen molar-refractivity contribution in [3.05, 3.63) is 35.6 Å². The summed E-state index contributed by atoms with van der Waals surface area (Å²) < 4.78 is 18.2. The fourth-order valence-corrected chi connectivity index (χ4v) is 2.93. The first-order valence-electron chi connectivity index (χ1n) is 8.22. The molecule has 1 aliphatic heterocycles. The highest BCUT2D eigenvalue weighted by atomic mass is 19.1. The molecule has 1 aromatic rings. The first kappa shape index (κ1) is 17.3. The lowest BCUT2D eigenvalue weighted by Gasteiger charge is -2.33. The van der Waals surface area contributed by atoms with E-state index in [1.54, 1.807) is 17.0 Å². The highest BCUT2D eigenvalue weighted by Gasteiger charge is 2.30. The van der Waals surface area contributed by atoms with Gasteiger partial charge in [-0.05, 0) is 42.9 Å². The van der Waals surface area contributed by atoms with E-state index in [0.717, 1.165) is 31.2 Å². The lowest BCUT2D eigenvalue weighted by atomic mass is 9.81. The van der Waals surface area contributed by atoms with Crippen molar-refractivity contribution in [2.24, 2.45) is 5.92 Å². The maximum Gasteiger partial charge on any atom is 0.409 e. The molecule has 5 heteroatoms. The minimum Gasteiger partial charge on any atom is -0.449 e. The molecule has 4 nitrogen and oxygen atoms in total. The highest BCUT2D eigenvalue weighted by molar-refractivity contribution is 5.67. The van der Waals surface area contributed by atoms with Gasteiger partial charge in [0, 0.05) is 13.1 Å². The van der Waals surface area contributed by atoms with Crippen molar-refractivity contribution < 1.29 is 13.9 Å². The number of hydrogen-bond acceptors (Lipinski definition) is 3. The summed E-state index contributed by atoms with van der Waals surface area (Å²) in [5, 5.41) is 9.47. The lowest BCUT2D eigenvalue weighted by molar-refractivity contribution is 0.0856. The molecule has 2 rings (SSSR count). The van der Waals surface area contributed by atoms with Crippen LogP contribution in [-0.2, 0) is 4.74 Å². The van der Waals surface area contributed by atoms with Gasteiger partial charge in [0.2, 0.25) is 0 Å². The smallest absolute Gasteiger partial charge is 0.409 e. The van der Waals surface area contributed by atoms with E-state index in [1.165, 1.54) is 12.1 Å². The van der Waals surface area contributed by atoms with Crippen molar-refractivity contribution in [2.45, 2.75) is 38.5 Å². The van der Waals surface area contributed by atoms with Gasteiger partial charge in [0.05, 0.1) is 18.6 Å². The van der Waals surface area contributed by atoms with Gasteiger partial charge in [-0.3, -0.25) is 0 Å². The van der Waals surface area contributed by atoms with Crippen molar-refractivity contribution in [3.63, 3.8) is 0 Å². The number of unbranched alkanes of at least 4 members (excludes halogenated alkanes) is 1. The number of rotatable bonds is 5. The number of nitriles is 1. The predicted molar refractivity (Wildman–Crippen MR) is 85.3 cm³/mol. The zero-order valence-corrected chi connectivity index (χ0v) is 13.5. The van der Waals surface area contributed by atoms with Gasteiger partial charge in [0.25, 0.3) is 0 Å². The molecule has 0 radical (unpaired) electrons. The molecule has 1 saturated heterocycles. The fraction of sp³-hybridized carbons (Fsp3) is 0.556. The lowest BCUT2D eigenvalue weighted by Crippen LogP contribution is -2.40. The second-order valence-corrected chi connectivity index (χ2v) is 5.95. The number of nitrogens with zero attached hydrogens (tertiary/aromatic N) is 2. The molecule has 0 bridgehead atoms. The molecule has 1 atom stereocenters. The third kappa shape index (κ3) is 4.69. The zero-order chi connectivity index (χ0) is 16.7. The van der Waals surface area contributed by atoms with E-state index in [9.17, 15) is 14.4 Å². The van der Waals surface area contributed by atoms with E-state index in [1.807, 2.05) is 0 Å². The summed E-state index contributed by atoms with van der Waals surface area (Å²) >= 11 is 0. The highest BCUT2D eigenvalue weighted by Crippen LogP contribution is 2.32. The summed E-state index contributed by atoms with van der Waals surface area (Å²) in [6, 6.07) is 8.46. The van der Waals surface area contributed by atoms with Gasteiger partial charge < -0.3 is 9.64 Å². The molecule has 1 amide bonds. The van der Waals surface area contributed by atoms with E-state index in [-0.39, 0.29) is 23.7 Å². The van der Waals surface area contributed by atoms with Crippen LogP contribution >= 0.6 is 0 Å². The molecule has 1 aliphatic rings. The molecule has 0 saturated carbocycles. The number of piperidine rings is 1. The van der Waals surface area contributed by atoms with Gasteiger partial charge in [-0.2, -0.15) is 5.26 Å². The van der Waals surface area contributed by atoms with Crippen LogP contribution in [0.25, 0.3) is 0 Å². The molecule has 124 valence electrons. The average Bonchev–Trinajstić information content (AvgIpc) is 2.58. The van der Waals surface area contributed by atoms with Gasteiger partial charge >= 0.3 is 6.09 Å². The Morgan fingerprint density at radius 1 is 1.39 bits per heavy atom. The summed E-state index contributed by atoms with van der Waals surface area (Å²) in [5.74, 6) is -0.367. The van der Waals surface area contributed by atoms with Crippen molar-refractivity contribution in [1.29, 1.82) is 5.26 Å². The summed E-state index contributed by atoms with van der Waals surface area (Å²) in [6.45, 7) is 3.73. The predicted octanol–water partition coefficient (Wildman–Crippen LogP) is 4.08. The van der Waals surface area contributed by atoms with E-state index in [4.69, 9.17) is 4.74 Å². The number of ether oxygens (including phenoxy) is 1. The van der Waals surface area contributed by atoms with Crippen LogP contribution in [0.3, 0.4) is 0 Å². The molecule has 1 heterocycles. The van der Waals surface area contributed by atoms with E-state index < -0.39 is 0 Å². The summed E-state index contributed by atoms with van der Waals surface area (Å²) in [6.07, 6.45) is 3.14. The van der Waals surface area contributed by atoms with Crippen LogP contribution in [-0.4, -0.2) is 30.7 Å². The normalized spacial score (nSPS) is 16.7. The minimum atomic E-state index is -0.296. The minimum absolute atomic E-state index is 0.185. The van der Waals surface area contributed by atoms with Crippen molar-refractivity contribution >= 4 is 6.09 Å². The molecule has 1 unspecified atom stereocenters. The number of carbonyl (C=O) groups is 1. The van der Waals surface area contributed by atoms with Crippen molar-refractivity contribution in [1.82, 2.24) is 4.90 Å². The van der Waals surface area contributed by atoms with Crippen LogP contribution < -0.4 is 0 Å². The molecule has 0 spiro atoms. The van der Waals surface area contributed by atoms with Crippen LogP contribution in [0.15, 0.2) is 24.3 Å². The monoisotopic (exact) mass is 318 g/mol. The number of amides is 1. The summed E-state index contributed by atoms with van der Waals surface area (Å²) in [7, 11) is 0. The molecule has 0 aliphatic carbocycles. The Morgan fingerprint density at radius 2 is 2.04 bits per heavy atom. The molecule has 0 aromatic heterocycles. The van der Waals surface area contributed by atoms with Gasteiger partial charge in [-0.1, -0.05) is 25.5 Å². The summed E-state index contributed by atoms with van der Waals surface area (Å²) in [4.78, 5) is 13.6. The first-order chi connectivity index (χ1) is 11.2. The van der Waals surface area contributed by atoms with Crippen molar-refractivity contribution in [3.8, 4) is 6.07 Å². The Bertz CT molecular complexity index is 545. The van der Waals surface area contributed by atoms with Crippen molar-refractivity contribution in [2.75, 3.05) is 19.7 Å². The average molecular weight is 318 g/mol. The van der Waals surface area contributed by atoms with Gasteiger partial charge in [0.15, 0.2) is 0 Å². The molecule has 0 N–H and O–H groups in total. The molecule has 1 fully saturated rings. The second kappa shape index (κ2) is 8.52. The SMILES string of the molecule is CCCCOC(=O)N1CCC(C(C#N)c2ccc(F)cc2)CC1. The Labute approximate surface area is 136 Å². The molecule has 1 aromatic carbocycles. The Morgan fingerprint density at radius 3 is 2.61 bits per heavy atom. The third-order valence-electron chi connectivity index (χ3n) is 4.36. The van der Waals surface area contributed by atoms with Crippen LogP contribution in [0, 0.1) is 23.1 Å². The largest absolute Gasteiger partial charge is 0.449 e. The number of likely N-dealkylation sites (tertiary alicyclic amines) is 1. The second-order valence-electron chi connectivity index (χ2n) is 5.95. The molecule has 23 heavy (non-hydrogen) atoms. The summed E-state index contributed by atoms with van der Waals surface area (Å²) in [5.41, 5.74) is 0.845. The number of hydrogen-bond donors (Lipinski definition) is 0. The molecular formula is C18H23FN2O2. The van der Waals surface area contributed by atoms with E-state index in [2.05, 4.69) is 13.0 Å². The van der Waals surface area contributed by atoms with Gasteiger partial charge in [0.1, 0.15) is 5.82 Å². The number of benzene rings is 1. The van der Waals surface area contributed by atoms with E-state index >= 15 is 0 Å². The first-order valence-corrected chi connectivity index (χ1v) is 8.22. The number of carbonyl (C=O) groups excluding carboxylic acids is 1. The fourth-order valence-electron chi connectivity index (χ4n) is 2.93. The van der Waals surface area contributed by atoms with Gasteiger partial charge in [-0.15, -0.1) is 0 Å². The molecular weight excluding hydrogens is 295 g/mol. The Balaban J connectivity index is 1.88. The number of halogens is 1. The maximum absolute atomic E-state index is 13.0. The standard InChI is InChI=1S/C18H23FN2O2/c1-2-3-12-23-18(22)21-10-8-15(9-11-21)17(13-20)14-4-6-16(19)7-5-14/h4-7,15,17H,2-3,8-12H2,1H3. The quantitative estimate of drug-likeness (QED) is 0.769. The van der Waals surface area contributed by atoms with Crippen LogP contribution in [0.1, 0.15) is 44.1 Å². The maximum atomic E-state index is 13.0. The zero-order valence-electron chi connectivity index (χ0n) is 13.5.